The standard InChI is InChI=1S/C15H17NO2S/c1-10-3-5-12(6-4-10)13-7-8-19-14(13)15(18)16-9-11(2)17/h3-8,11,17H,9H2,1-2H3,(H,16,18). The van der Waals surface area contributed by atoms with Crippen LogP contribution in [0.2, 0.25) is 0 Å². The van der Waals surface area contributed by atoms with Gasteiger partial charge < -0.3 is 10.4 Å². The Hall–Kier alpha value is -1.65. The molecule has 2 N–H and O–H groups in total. The Bertz CT molecular complexity index is 558. The Labute approximate surface area is 116 Å². The minimum atomic E-state index is -0.535. The van der Waals surface area contributed by atoms with Gasteiger partial charge in [0.15, 0.2) is 0 Å². The number of amides is 1. The maximum atomic E-state index is 12.1. The third kappa shape index (κ3) is 3.43. The third-order valence-corrected chi connectivity index (χ3v) is 3.71. The average molecular weight is 275 g/mol. The van der Waals surface area contributed by atoms with Crippen LogP contribution in [0.25, 0.3) is 11.1 Å². The molecule has 0 bridgehead atoms. The van der Waals surface area contributed by atoms with Gasteiger partial charge in [0, 0.05) is 12.1 Å². The van der Waals surface area contributed by atoms with Crippen molar-refractivity contribution in [1.82, 2.24) is 5.32 Å². The van der Waals surface area contributed by atoms with Crippen molar-refractivity contribution in [3.63, 3.8) is 0 Å². The zero-order chi connectivity index (χ0) is 13.8. The van der Waals surface area contributed by atoms with Crippen molar-refractivity contribution in [1.29, 1.82) is 0 Å². The Kier molecular flexibility index (Phi) is 4.35. The van der Waals surface area contributed by atoms with Gasteiger partial charge in [-0.3, -0.25) is 4.79 Å². The minimum Gasteiger partial charge on any atom is -0.392 e. The number of aliphatic hydroxyl groups excluding tert-OH is 1. The van der Waals surface area contributed by atoms with Gasteiger partial charge in [0.05, 0.1) is 11.0 Å². The lowest BCUT2D eigenvalue weighted by atomic mass is 10.0. The summed E-state index contributed by atoms with van der Waals surface area (Å²) in [6, 6.07) is 10.0. The number of thiophene rings is 1. The molecule has 1 unspecified atom stereocenters. The number of hydrogen-bond donors (Lipinski definition) is 2. The molecule has 0 radical (unpaired) electrons. The molecule has 1 heterocycles. The molecule has 0 fully saturated rings. The molecular formula is C15H17NO2S. The number of carbonyl (C=O) groups is 1. The first-order chi connectivity index (χ1) is 9.08. The van der Waals surface area contributed by atoms with Gasteiger partial charge in [-0.05, 0) is 30.9 Å². The third-order valence-electron chi connectivity index (χ3n) is 2.79. The van der Waals surface area contributed by atoms with Crippen molar-refractivity contribution in [2.24, 2.45) is 0 Å². The molecule has 2 rings (SSSR count). The molecule has 0 saturated heterocycles. The van der Waals surface area contributed by atoms with Crippen LogP contribution in [0, 0.1) is 6.92 Å². The Morgan fingerprint density at radius 1 is 1.32 bits per heavy atom. The average Bonchev–Trinajstić information content (AvgIpc) is 2.86. The second-order valence-corrected chi connectivity index (χ2v) is 5.50. The number of benzene rings is 1. The molecule has 0 saturated carbocycles. The zero-order valence-corrected chi connectivity index (χ0v) is 11.8. The highest BCUT2D eigenvalue weighted by Crippen LogP contribution is 2.28. The zero-order valence-electron chi connectivity index (χ0n) is 11.0. The molecule has 4 heteroatoms. The van der Waals surface area contributed by atoms with Crippen LogP contribution < -0.4 is 5.32 Å². The largest absolute Gasteiger partial charge is 0.392 e. The summed E-state index contributed by atoms with van der Waals surface area (Å²) in [5, 5.41) is 13.8. The van der Waals surface area contributed by atoms with E-state index >= 15 is 0 Å². The Balaban J connectivity index is 2.22. The van der Waals surface area contributed by atoms with Crippen LogP contribution >= 0.6 is 11.3 Å². The van der Waals surface area contributed by atoms with E-state index in [4.69, 9.17) is 0 Å². The summed E-state index contributed by atoms with van der Waals surface area (Å²) in [7, 11) is 0. The molecule has 0 aliphatic heterocycles. The molecule has 3 nitrogen and oxygen atoms in total. The van der Waals surface area contributed by atoms with Crippen LogP contribution in [-0.2, 0) is 0 Å². The first-order valence-corrected chi connectivity index (χ1v) is 7.06. The summed E-state index contributed by atoms with van der Waals surface area (Å²) in [4.78, 5) is 12.7. The molecule has 1 amide bonds. The van der Waals surface area contributed by atoms with E-state index in [0.29, 0.717) is 4.88 Å². The van der Waals surface area contributed by atoms with Gasteiger partial charge in [-0.1, -0.05) is 29.8 Å². The summed E-state index contributed by atoms with van der Waals surface area (Å²) in [6.07, 6.45) is -0.535. The second-order valence-electron chi connectivity index (χ2n) is 4.59. The number of rotatable bonds is 4. The molecule has 2 aromatic rings. The smallest absolute Gasteiger partial charge is 0.262 e. The van der Waals surface area contributed by atoms with Crippen LogP contribution in [0.1, 0.15) is 22.2 Å². The predicted molar refractivity (Wildman–Crippen MR) is 78.5 cm³/mol. The van der Waals surface area contributed by atoms with Gasteiger partial charge in [-0.15, -0.1) is 11.3 Å². The fourth-order valence-electron chi connectivity index (χ4n) is 1.77. The summed E-state index contributed by atoms with van der Waals surface area (Å²) < 4.78 is 0. The highest BCUT2D eigenvalue weighted by Gasteiger charge is 2.14. The Morgan fingerprint density at radius 2 is 2.00 bits per heavy atom. The van der Waals surface area contributed by atoms with E-state index in [0.717, 1.165) is 11.1 Å². The van der Waals surface area contributed by atoms with Crippen molar-refractivity contribution >= 4 is 17.2 Å². The fraction of sp³-hybridized carbons (Fsp3) is 0.267. The topological polar surface area (TPSA) is 49.3 Å². The molecular weight excluding hydrogens is 258 g/mol. The molecule has 1 aromatic heterocycles. The van der Waals surface area contributed by atoms with Gasteiger partial charge >= 0.3 is 0 Å². The SMILES string of the molecule is Cc1ccc(-c2ccsc2C(=O)NCC(C)O)cc1. The van der Waals surface area contributed by atoms with Crippen molar-refractivity contribution in [3.05, 3.63) is 46.2 Å². The lowest BCUT2D eigenvalue weighted by Gasteiger charge is -2.08. The number of nitrogens with one attached hydrogen (secondary N) is 1. The van der Waals surface area contributed by atoms with E-state index in [-0.39, 0.29) is 12.5 Å². The van der Waals surface area contributed by atoms with Crippen molar-refractivity contribution < 1.29 is 9.90 Å². The molecule has 1 aromatic carbocycles. The molecule has 100 valence electrons. The van der Waals surface area contributed by atoms with Crippen molar-refractivity contribution in [2.45, 2.75) is 20.0 Å². The molecule has 0 aliphatic rings. The number of hydrogen-bond acceptors (Lipinski definition) is 3. The van der Waals surface area contributed by atoms with E-state index < -0.39 is 6.10 Å². The minimum absolute atomic E-state index is 0.133. The maximum absolute atomic E-state index is 12.1. The van der Waals surface area contributed by atoms with Crippen LogP contribution in [-0.4, -0.2) is 23.7 Å². The quantitative estimate of drug-likeness (QED) is 0.901. The summed E-state index contributed by atoms with van der Waals surface area (Å²) in [6.45, 7) is 3.95. The van der Waals surface area contributed by atoms with E-state index in [1.54, 1.807) is 6.92 Å². The van der Waals surface area contributed by atoms with Gasteiger partial charge in [0.2, 0.25) is 0 Å². The van der Waals surface area contributed by atoms with Gasteiger partial charge in [0.1, 0.15) is 0 Å². The second kappa shape index (κ2) is 5.99. The first-order valence-electron chi connectivity index (χ1n) is 6.18. The van der Waals surface area contributed by atoms with Crippen molar-refractivity contribution in [3.8, 4) is 11.1 Å². The van der Waals surface area contributed by atoms with E-state index in [2.05, 4.69) is 5.32 Å². The number of aryl methyl sites for hydroxylation is 1. The van der Waals surface area contributed by atoms with Gasteiger partial charge in [-0.25, -0.2) is 0 Å². The van der Waals surface area contributed by atoms with Crippen LogP contribution in [0.4, 0.5) is 0 Å². The predicted octanol–water partition coefficient (Wildman–Crippen LogP) is 2.83. The number of carbonyl (C=O) groups excluding carboxylic acids is 1. The summed E-state index contributed by atoms with van der Waals surface area (Å²) in [5.74, 6) is -0.133. The summed E-state index contributed by atoms with van der Waals surface area (Å²) in [5.41, 5.74) is 3.17. The highest BCUT2D eigenvalue weighted by molar-refractivity contribution is 7.12. The summed E-state index contributed by atoms with van der Waals surface area (Å²) >= 11 is 1.41. The molecule has 0 spiro atoms. The normalized spacial score (nSPS) is 12.2. The van der Waals surface area contributed by atoms with E-state index in [1.165, 1.54) is 16.9 Å². The first kappa shape index (κ1) is 13.8. The lowest BCUT2D eigenvalue weighted by molar-refractivity contribution is 0.0928. The fourth-order valence-corrected chi connectivity index (χ4v) is 2.60. The van der Waals surface area contributed by atoms with Crippen LogP contribution in [0.15, 0.2) is 35.7 Å². The van der Waals surface area contributed by atoms with E-state index in [9.17, 15) is 9.90 Å². The molecule has 1 atom stereocenters. The monoisotopic (exact) mass is 275 g/mol. The van der Waals surface area contributed by atoms with Gasteiger partial charge in [-0.2, -0.15) is 0 Å². The van der Waals surface area contributed by atoms with Crippen LogP contribution in [0.5, 0.6) is 0 Å². The van der Waals surface area contributed by atoms with Crippen molar-refractivity contribution in [2.75, 3.05) is 6.54 Å². The Morgan fingerprint density at radius 3 is 2.63 bits per heavy atom. The molecule has 0 aliphatic carbocycles. The van der Waals surface area contributed by atoms with Gasteiger partial charge in [0.25, 0.3) is 5.91 Å². The number of aliphatic hydroxyl groups is 1. The lowest BCUT2D eigenvalue weighted by Crippen LogP contribution is -2.30. The van der Waals surface area contributed by atoms with Crippen LogP contribution in [0.3, 0.4) is 0 Å². The van der Waals surface area contributed by atoms with E-state index in [1.807, 2.05) is 42.6 Å². The molecule has 19 heavy (non-hydrogen) atoms. The highest BCUT2D eigenvalue weighted by atomic mass is 32.1. The maximum Gasteiger partial charge on any atom is 0.262 e.